The molecule has 1 aliphatic rings. The van der Waals surface area contributed by atoms with Gasteiger partial charge in [-0.05, 0) is 12.5 Å². The lowest BCUT2D eigenvalue weighted by atomic mass is 10.2. The molecule has 23 heavy (non-hydrogen) atoms. The first-order valence-corrected chi connectivity index (χ1v) is 7.93. The number of hydrogen-bond donors (Lipinski definition) is 1. The van der Waals surface area contributed by atoms with E-state index in [-0.39, 0.29) is 5.91 Å². The highest BCUT2D eigenvalue weighted by Gasteiger charge is 2.18. The largest absolute Gasteiger partial charge is 0.486 e. The van der Waals surface area contributed by atoms with Gasteiger partial charge in [0.05, 0.1) is 16.4 Å². The van der Waals surface area contributed by atoms with Gasteiger partial charge in [0.15, 0.2) is 16.6 Å². The molecule has 118 valence electrons. The second-order valence-electron chi connectivity index (χ2n) is 5.24. The van der Waals surface area contributed by atoms with Crippen molar-refractivity contribution in [3.8, 4) is 11.5 Å². The van der Waals surface area contributed by atoms with E-state index < -0.39 is 0 Å². The SMILES string of the molecule is Cc1cnn(C)c1C(=O)Nc1nc2cc3c(cc2s1)OCCO3. The molecule has 4 rings (SSSR count). The molecule has 0 saturated heterocycles. The van der Waals surface area contributed by atoms with Crippen molar-refractivity contribution in [1.82, 2.24) is 14.8 Å². The van der Waals surface area contributed by atoms with Gasteiger partial charge in [-0.1, -0.05) is 11.3 Å². The standard InChI is InChI=1S/C15H14N4O3S/c1-8-7-16-19(2)13(8)14(20)18-15-17-9-5-10-11(6-12(9)23-15)22-4-3-21-10/h5-7H,3-4H2,1-2H3,(H,17,18,20). The molecule has 1 amide bonds. The Morgan fingerprint density at radius 1 is 1.30 bits per heavy atom. The van der Waals surface area contributed by atoms with E-state index in [4.69, 9.17) is 9.47 Å². The summed E-state index contributed by atoms with van der Waals surface area (Å²) in [5.41, 5.74) is 2.12. The van der Waals surface area contributed by atoms with Crippen LogP contribution in [0.2, 0.25) is 0 Å². The van der Waals surface area contributed by atoms with E-state index >= 15 is 0 Å². The van der Waals surface area contributed by atoms with Crippen LogP contribution in [0, 0.1) is 6.92 Å². The van der Waals surface area contributed by atoms with E-state index in [1.807, 2.05) is 19.1 Å². The third kappa shape index (κ3) is 2.40. The number of aryl methyl sites for hydroxylation is 2. The lowest BCUT2D eigenvalue weighted by molar-refractivity contribution is 0.101. The van der Waals surface area contributed by atoms with Crippen molar-refractivity contribution in [2.45, 2.75) is 6.92 Å². The number of amides is 1. The smallest absolute Gasteiger partial charge is 0.275 e. The molecular formula is C15H14N4O3S. The zero-order chi connectivity index (χ0) is 16.0. The van der Waals surface area contributed by atoms with Gasteiger partial charge in [-0.15, -0.1) is 0 Å². The monoisotopic (exact) mass is 330 g/mol. The number of rotatable bonds is 2. The van der Waals surface area contributed by atoms with Crippen LogP contribution < -0.4 is 14.8 Å². The number of ether oxygens (including phenoxy) is 2. The summed E-state index contributed by atoms with van der Waals surface area (Å²) in [6.07, 6.45) is 1.66. The van der Waals surface area contributed by atoms with Crippen molar-refractivity contribution >= 4 is 32.6 Å². The highest BCUT2D eigenvalue weighted by Crippen LogP contribution is 2.37. The number of carbonyl (C=O) groups is 1. The quantitative estimate of drug-likeness (QED) is 0.780. The third-order valence-corrected chi connectivity index (χ3v) is 4.54. The number of nitrogens with one attached hydrogen (secondary N) is 1. The van der Waals surface area contributed by atoms with E-state index in [0.29, 0.717) is 35.5 Å². The average molecular weight is 330 g/mol. The van der Waals surface area contributed by atoms with Crippen LogP contribution in [0.3, 0.4) is 0 Å². The Hall–Kier alpha value is -2.61. The van der Waals surface area contributed by atoms with Gasteiger partial charge in [0.25, 0.3) is 5.91 Å². The summed E-state index contributed by atoms with van der Waals surface area (Å²) in [6, 6.07) is 3.73. The summed E-state index contributed by atoms with van der Waals surface area (Å²) in [4.78, 5) is 16.8. The number of aromatic nitrogens is 3. The molecule has 8 heteroatoms. The molecule has 7 nitrogen and oxygen atoms in total. The average Bonchev–Trinajstić information content (AvgIpc) is 3.06. The molecule has 3 aromatic rings. The van der Waals surface area contributed by atoms with Crippen LogP contribution in [0.25, 0.3) is 10.2 Å². The number of thiazole rings is 1. The first kappa shape index (κ1) is 14.0. The zero-order valence-electron chi connectivity index (χ0n) is 12.6. The molecule has 0 radical (unpaired) electrons. The van der Waals surface area contributed by atoms with Crippen LogP contribution in [-0.4, -0.2) is 33.9 Å². The topological polar surface area (TPSA) is 78.3 Å². The van der Waals surface area contributed by atoms with Gasteiger partial charge >= 0.3 is 0 Å². The van der Waals surface area contributed by atoms with Crippen molar-refractivity contribution < 1.29 is 14.3 Å². The molecule has 0 unspecified atom stereocenters. The number of anilines is 1. The van der Waals surface area contributed by atoms with Crippen molar-refractivity contribution in [3.05, 3.63) is 29.6 Å². The maximum atomic E-state index is 12.4. The lowest BCUT2D eigenvalue weighted by Crippen LogP contribution is -2.17. The van der Waals surface area contributed by atoms with E-state index in [1.165, 1.54) is 11.3 Å². The van der Waals surface area contributed by atoms with Crippen LogP contribution in [0.5, 0.6) is 11.5 Å². The Labute approximate surface area is 135 Å². The van der Waals surface area contributed by atoms with E-state index in [0.717, 1.165) is 15.8 Å². The van der Waals surface area contributed by atoms with Crippen molar-refractivity contribution in [2.75, 3.05) is 18.5 Å². The van der Waals surface area contributed by atoms with Gasteiger partial charge in [0, 0.05) is 19.2 Å². The van der Waals surface area contributed by atoms with Gasteiger partial charge in [0.1, 0.15) is 18.9 Å². The molecule has 0 atom stereocenters. The summed E-state index contributed by atoms with van der Waals surface area (Å²) in [5.74, 6) is 1.18. The van der Waals surface area contributed by atoms with Crippen molar-refractivity contribution in [2.24, 2.45) is 7.05 Å². The molecule has 2 aromatic heterocycles. The summed E-state index contributed by atoms with van der Waals surface area (Å²) in [5, 5.41) is 7.45. The minimum Gasteiger partial charge on any atom is -0.486 e. The lowest BCUT2D eigenvalue weighted by Gasteiger charge is -2.17. The first-order valence-electron chi connectivity index (χ1n) is 7.12. The van der Waals surface area contributed by atoms with E-state index in [2.05, 4.69) is 15.4 Å². The van der Waals surface area contributed by atoms with Crippen LogP contribution >= 0.6 is 11.3 Å². The van der Waals surface area contributed by atoms with Gasteiger partial charge in [-0.25, -0.2) is 4.98 Å². The molecule has 1 aromatic carbocycles. The number of carbonyl (C=O) groups excluding carboxylic acids is 1. The molecule has 0 saturated carbocycles. The number of fused-ring (bicyclic) bond motifs is 2. The minimum absolute atomic E-state index is 0.223. The molecule has 0 aliphatic carbocycles. The van der Waals surface area contributed by atoms with Crippen LogP contribution in [0.1, 0.15) is 16.1 Å². The Morgan fingerprint density at radius 3 is 2.74 bits per heavy atom. The molecule has 0 spiro atoms. The molecule has 1 N–H and O–H groups in total. The maximum Gasteiger partial charge on any atom is 0.275 e. The first-order chi connectivity index (χ1) is 11.1. The number of benzene rings is 1. The third-order valence-electron chi connectivity index (χ3n) is 3.61. The van der Waals surface area contributed by atoms with Gasteiger partial charge < -0.3 is 9.47 Å². The molecule has 1 aliphatic heterocycles. The number of hydrogen-bond acceptors (Lipinski definition) is 6. The summed E-state index contributed by atoms with van der Waals surface area (Å²) < 4.78 is 13.6. The van der Waals surface area contributed by atoms with Crippen LogP contribution in [-0.2, 0) is 7.05 Å². The summed E-state index contributed by atoms with van der Waals surface area (Å²) >= 11 is 1.40. The second-order valence-corrected chi connectivity index (χ2v) is 6.27. The fourth-order valence-electron chi connectivity index (χ4n) is 2.55. The van der Waals surface area contributed by atoms with E-state index in [9.17, 15) is 4.79 Å². The number of nitrogens with zero attached hydrogens (tertiary/aromatic N) is 3. The van der Waals surface area contributed by atoms with E-state index in [1.54, 1.807) is 17.9 Å². The minimum atomic E-state index is -0.223. The Balaban J connectivity index is 1.66. The summed E-state index contributed by atoms with van der Waals surface area (Å²) in [6.45, 7) is 2.93. The van der Waals surface area contributed by atoms with Gasteiger partial charge in [-0.3, -0.25) is 14.8 Å². The zero-order valence-corrected chi connectivity index (χ0v) is 13.4. The van der Waals surface area contributed by atoms with Crippen LogP contribution in [0.4, 0.5) is 5.13 Å². The Kier molecular flexibility index (Phi) is 3.19. The van der Waals surface area contributed by atoms with Crippen molar-refractivity contribution in [1.29, 1.82) is 0 Å². The fourth-order valence-corrected chi connectivity index (χ4v) is 3.42. The summed E-state index contributed by atoms with van der Waals surface area (Å²) in [7, 11) is 1.74. The Bertz CT molecular complexity index is 852. The van der Waals surface area contributed by atoms with Gasteiger partial charge in [0.2, 0.25) is 0 Å². The molecule has 0 bridgehead atoms. The highest BCUT2D eigenvalue weighted by molar-refractivity contribution is 7.22. The Morgan fingerprint density at radius 2 is 2.04 bits per heavy atom. The molecular weight excluding hydrogens is 316 g/mol. The molecule has 0 fully saturated rings. The second kappa shape index (κ2) is 5.24. The van der Waals surface area contributed by atoms with Crippen LogP contribution in [0.15, 0.2) is 18.3 Å². The highest BCUT2D eigenvalue weighted by atomic mass is 32.1. The van der Waals surface area contributed by atoms with Crippen molar-refractivity contribution in [3.63, 3.8) is 0 Å². The molecule has 3 heterocycles. The predicted octanol–water partition coefficient (Wildman–Crippen LogP) is 2.36. The fraction of sp³-hybridized carbons (Fsp3) is 0.267. The predicted molar refractivity (Wildman–Crippen MR) is 86.5 cm³/mol. The van der Waals surface area contributed by atoms with Gasteiger partial charge in [-0.2, -0.15) is 5.10 Å². The maximum absolute atomic E-state index is 12.4. The normalized spacial score (nSPS) is 13.3.